The lowest BCUT2D eigenvalue weighted by molar-refractivity contribution is -0.384. The molecule has 0 spiro atoms. The number of non-ortho nitro benzene ring substituents is 1. The van der Waals surface area contributed by atoms with Crippen LogP contribution < -0.4 is 5.32 Å². The third-order valence-electron chi connectivity index (χ3n) is 2.83. The predicted octanol–water partition coefficient (Wildman–Crippen LogP) is 1.09. The van der Waals surface area contributed by atoms with Gasteiger partial charge in [0.05, 0.1) is 16.2 Å². The Bertz CT molecular complexity index is 836. The molecule has 0 atom stereocenters. The number of carboxylic acid groups (broad SMARTS) is 1. The number of benzene rings is 1. The number of allylic oxidation sites excluding steroid dienone is 1. The molecule has 0 radical (unpaired) electrons. The number of H-pyrrole nitrogens is 1. The Morgan fingerprint density at radius 3 is 2.83 bits per heavy atom. The van der Waals surface area contributed by atoms with Gasteiger partial charge in [0.1, 0.15) is 11.6 Å². The molecule has 23 heavy (non-hydrogen) atoms. The van der Waals surface area contributed by atoms with Gasteiger partial charge in [-0.1, -0.05) is 0 Å². The minimum Gasteiger partial charge on any atom is -0.478 e. The molecule has 0 aliphatic heterocycles. The molecule has 11 nitrogen and oxygen atoms in total. The fourth-order valence-electron chi connectivity index (χ4n) is 1.80. The van der Waals surface area contributed by atoms with E-state index in [0.29, 0.717) is 5.56 Å². The average Bonchev–Trinajstić information content (AvgIpc) is 3.02. The molecule has 0 saturated heterocycles. The highest BCUT2D eigenvalue weighted by Crippen LogP contribution is 2.27. The average molecular weight is 315 g/mol. The fourth-order valence-corrected chi connectivity index (χ4v) is 1.80. The van der Waals surface area contributed by atoms with Gasteiger partial charge in [-0.2, -0.15) is 10.5 Å². The molecular formula is C12H9N7O4. The molecule has 2 aromatic rings. The lowest BCUT2D eigenvalue weighted by atomic mass is 10.1. The molecule has 116 valence electrons. The van der Waals surface area contributed by atoms with Crippen LogP contribution in [0.2, 0.25) is 0 Å². The summed E-state index contributed by atoms with van der Waals surface area (Å²) in [6.45, 7) is 1.51. The number of anilines is 1. The van der Waals surface area contributed by atoms with E-state index in [1.54, 1.807) is 0 Å². The number of carbonyl (C=O) groups is 1. The zero-order valence-corrected chi connectivity index (χ0v) is 11.6. The van der Waals surface area contributed by atoms with Crippen LogP contribution >= 0.6 is 0 Å². The van der Waals surface area contributed by atoms with Crippen LogP contribution in [0, 0.1) is 28.4 Å². The Morgan fingerprint density at radius 1 is 1.57 bits per heavy atom. The van der Waals surface area contributed by atoms with Crippen molar-refractivity contribution in [3.05, 3.63) is 45.4 Å². The van der Waals surface area contributed by atoms with E-state index < -0.39 is 10.9 Å². The lowest BCUT2D eigenvalue weighted by Gasteiger charge is -2.09. The second kappa shape index (κ2) is 6.31. The summed E-state index contributed by atoms with van der Waals surface area (Å²) in [4.78, 5) is 21.4. The van der Waals surface area contributed by atoms with Crippen LogP contribution in [0.15, 0.2) is 18.3 Å². The van der Waals surface area contributed by atoms with E-state index in [1.165, 1.54) is 19.2 Å². The number of nitro benzene ring substituents is 1. The number of nitriles is 1. The van der Waals surface area contributed by atoms with E-state index in [2.05, 4.69) is 25.9 Å². The van der Waals surface area contributed by atoms with Gasteiger partial charge >= 0.3 is 5.97 Å². The van der Waals surface area contributed by atoms with Gasteiger partial charge < -0.3 is 10.4 Å². The molecule has 0 amide bonds. The summed E-state index contributed by atoms with van der Waals surface area (Å²) in [5, 5.41) is 44.5. The number of aryl methyl sites for hydroxylation is 1. The number of aromatic carboxylic acids is 1. The molecule has 0 saturated carbocycles. The number of tetrazole rings is 1. The smallest absolute Gasteiger partial charge is 0.338 e. The molecule has 11 heteroatoms. The number of nitrogens with one attached hydrogen (secondary N) is 2. The monoisotopic (exact) mass is 315 g/mol. The predicted molar refractivity (Wildman–Crippen MR) is 76.2 cm³/mol. The van der Waals surface area contributed by atoms with Gasteiger partial charge in [0.15, 0.2) is 0 Å². The summed E-state index contributed by atoms with van der Waals surface area (Å²) >= 11 is 0. The molecule has 3 N–H and O–H groups in total. The molecule has 1 aromatic heterocycles. The van der Waals surface area contributed by atoms with Crippen molar-refractivity contribution in [2.24, 2.45) is 0 Å². The lowest BCUT2D eigenvalue weighted by Crippen LogP contribution is -2.06. The number of nitrogens with zero attached hydrogens (tertiary/aromatic N) is 5. The number of carboxylic acids is 1. The van der Waals surface area contributed by atoms with Crippen LogP contribution in [-0.4, -0.2) is 36.6 Å². The molecule has 0 bridgehead atoms. The summed E-state index contributed by atoms with van der Waals surface area (Å²) in [5.74, 6) is -1.32. The largest absolute Gasteiger partial charge is 0.478 e. The summed E-state index contributed by atoms with van der Waals surface area (Å²) in [6, 6.07) is 3.99. The Labute approximate surface area is 128 Å². The first kappa shape index (κ1) is 15.6. The van der Waals surface area contributed by atoms with Crippen LogP contribution in [-0.2, 0) is 0 Å². The summed E-state index contributed by atoms with van der Waals surface area (Å²) < 4.78 is 0. The highest BCUT2D eigenvalue weighted by molar-refractivity contribution is 5.96. The van der Waals surface area contributed by atoms with Crippen molar-refractivity contribution >= 4 is 22.9 Å². The van der Waals surface area contributed by atoms with E-state index in [4.69, 9.17) is 5.26 Å². The zero-order valence-electron chi connectivity index (χ0n) is 11.6. The van der Waals surface area contributed by atoms with Crippen molar-refractivity contribution in [1.29, 1.82) is 5.26 Å². The number of rotatable bonds is 5. The van der Waals surface area contributed by atoms with Crippen LogP contribution in [0.1, 0.15) is 21.7 Å². The Morgan fingerprint density at radius 2 is 2.30 bits per heavy atom. The van der Waals surface area contributed by atoms with Crippen molar-refractivity contribution in [3.63, 3.8) is 0 Å². The summed E-state index contributed by atoms with van der Waals surface area (Å²) in [6.07, 6.45) is 1.20. The number of hydrogen-bond acceptors (Lipinski definition) is 8. The quantitative estimate of drug-likeness (QED) is 0.415. The molecule has 1 aromatic carbocycles. The minimum absolute atomic E-state index is 0.00726. The van der Waals surface area contributed by atoms with Crippen molar-refractivity contribution < 1.29 is 14.8 Å². The second-order valence-corrected chi connectivity index (χ2v) is 4.30. The summed E-state index contributed by atoms with van der Waals surface area (Å²) in [5.41, 5.74) is -0.170. The van der Waals surface area contributed by atoms with Crippen molar-refractivity contribution in [2.75, 3.05) is 5.32 Å². The number of aromatic nitrogens is 4. The molecule has 0 unspecified atom stereocenters. The van der Waals surface area contributed by atoms with E-state index in [0.717, 1.165) is 6.07 Å². The first-order chi connectivity index (χ1) is 10.9. The zero-order chi connectivity index (χ0) is 17.0. The molecule has 0 fully saturated rings. The summed E-state index contributed by atoms with van der Waals surface area (Å²) in [7, 11) is 0. The first-order valence-electron chi connectivity index (χ1n) is 6.07. The Kier molecular flexibility index (Phi) is 4.27. The van der Waals surface area contributed by atoms with Crippen molar-refractivity contribution in [2.45, 2.75) is 6.92 Å². The molecule has 0 aliphatic carbocycles. The van der Waals surface area contributed by atoms with Crippen LogP contribution in [0.25, 0.3) is 5.57 Å². The minimum atomic E-state index is -1.34. The van der Waals surface area contributed by atoms with Gasteiger partial charge in [-0.25, -0.2) is 4.79 Å². The molecular weight excluding hydrogens is 306 g/mol. The van der Waals surface area contributed by atoms with E-state index in [9.17, 15) is 20.0 Å². The highest BCUT2D eigenvalue weighted by Gasteiger charge is 2.19. The third kappa shape index (κ3) is 3.27. The highest BCUT2D eigenvalue weighted by atomic mass is 16.6. The topological polar surface area (TPSA) is 171 Å². The number of hydrogen-bond donors (Lipinski definition) is 3. The van der Waals surface area contributed by atoms with Gasteiger partial charge in [0.2, 0.25) is 5.82 Å². The van der Waals surface area contributed by atoms with E-state index in [-0.39, 0.29) is 28.3 Å². The van der Waals surface area contributed by atoms with Gasteiger partial charge in [-0.05, 0) is 17.7 Å². The van der Waals surface area contributed by atoms with Crippen LogP contribution in [0.5, 0.6) is 0 Å². The van der Waals surface area contributed by atoms with Crippen LogP contribution in [0.4, 0.5) is 11.4 Å². The molecule has 2 rings (SSSR count). The number of aromatic amines is 1. The van der Waals surface area contributed by atoms with Gasteiger partial charge in [0.25, 0.3) is 5.69 Å². The molecule has 1 heterocycles. The maximum atomic E-state index is 11.3. The second-order valence-electron chi connectivity index (χ2n) is 4.30. The number of nitro groups is 1. The van der Waals surface area contributed by atoms with Crippen molar-refractivity contribution in [1.82, 2.24) is 20.6 Å². The standard InChI is InChI=1S/C12H9N7O4/c1-6-2-8(19(22)23)3-9(12(20)21)10(6)14-5-7(4-13)11-15-17-18-16-11/h2-3,5,14H,1H3,(H,20,21)(H,15,16,17,18). The molecule has 0 aliphatic rings. The fraction of sp³-hybridized carbons (Fsp3) is 0.0833. The van der Waals surface area contributed by atoms with E-state index in [1.807, 2.05) is 6.07 Å². The van der Waals surface area contributed by atoms with Crippen molar-refractivity contribution in [3.8, 4) is 6.07 Å². The van der Waals surface area contributed by atoms with Gasteiger partial charge in [-0.3, -0.25) is 10.1 Å². The normalized spacial score (nSPS) is 10.9. The third-order valence-corrected chi connectivity index (χ3v) is 2.83. The van der Waals surface area contributed by atoms with E-state index >= 15 is 0 Å². The van der Waals surface area contributed by atoms with Gasteiger partial charge in [-0.15, -0.1) is 10.2 Å². The first-order valence-corrected chi connectivity index (χ1v) is 6.07. The van der Waals surface area contributed by atoms with Gasteiger partial charge in [0, 0.05) is 18.3 Å². The SMILES string of the molecule is Cc1cc([N+](=O)[O-])cc(C(=O)O)c1NC=C(C#N)c1nn[nH]n1. The maximum absolute atomic E-state index is 11.3. The maximum Gasteiger partial charge on any atom is 0.338 e. The Balaban J connectivity index is 2.45. The Hall–Kier alpha value is -3.81. The van der Waals surface area contributed by atoms with Crippen LogP contribution in [0.3, 0.4) is 0 Å².